The van der Waals surface area contributed by atoms with E-state index in [0.29, 0.717) is 10.5 Å². The van der Waals surface area contributed by atoms with Crippen LogP contribution in [0.25, 0.3) is 0 Å². The van der Waals surface area contributed by atoms with Gasteiger partial charge in [0.15, 0.2) is 5.71 Å². The predicted octanol–water partition coefficient (Wildman–Crippen LogP) is 0.218. The minimum absolute atomic E-state index is 0.382. The second-order valence-electron chi connectivity index (χ2n) is 2.73. The van der Waals surface area contributed by atoms with Gasteiger partial charge in [-0.25, -0.2) is 4.99 Å². The van der Waals surface area contributed by atoms with Crippen LogP contribution in [0.5, 0.6) is 0 Å². The molecule has 1 N–H and O–H groups in total. The number of hydrogen-bond acceptors (Lipinski definition) is 4. The van der Waals surface area contributed by atoms with Crippen molar-refractivity contribution in [1.82, 2.24) is 0 Å². The van der Waals surface area contributed by atoms with Crippen molar-refractivity contribution < 1.29 is 9.95 Å². The van der Waals surface area contributed by atoms with Crippen molar-refractivity contribution in [3.05, 3.63) is 5.21 Å². The number of rotatable bonds is 1. The molecular formula is C6H9N3O2. The summed E-state index contributed by atoms with van der Waals surface area (Å²) in [7, 11) is 0. The smallest absolute Gasteiger partial charge is 0.260 e. The molecule has 1 rings (SSSR count). The lowest BCUT2D eigenvalue weighted by atomic mass is 10.3. The van der Waals surface area contributed by atoms with Crippen LogP contribution >= 0.6 is 0 Å². The fraction of sp³-hybridized carbons (Fsp3) is 0.500. The van der Waals surface area contributed by atoms with Crippen LogP contribution in [0.1, 0.15) is 13.8 Å². The second-order valence-corrected chi connectivity index (χ2v) is 2.73. The number of hydrogen-bond donors (Lipinski definition) is 1. The summed E-state index contributed by atoms with van der Waals surface area (Å²) >= 11 is 0. The number of aliphatic imine (C=N–C) groups is 1. The van der Waals surface area contributed by atoms with Crippen molar-refractivity contribution in [2.45, 2.75) is 19.5 Å². The summed E-state index contributed by atoms with van der Waals surface area (Å²) in [5, 5.41) is 21.9. The lowest BCUT2D eigenvalue weighted by molar-refractivity contribution is -0.528. The Morgan fingerprint density at radius 1 is 1.82 bits per heavy atom. The van der Waals surface area contributed by atoms with Gasteiger partial charge in [-0.05, 0) is 0 Å². The Kier molecular flexibility index (Phi) is 1.64. The normalized spacial score (nSPS) is 22.0. The second kappa shape index (κ2) is 2.34. The topological polar surface area (TPSA) is 71.0 Å². The van der Waals surface area contributed by atoms with Crippen molar-refractivity contribution in [2.75, 3.05) is 0 Å². The van der Waals surface area contributed by atoms with Gasteiger partial charge in [0, 0.05) is 13.8 Å². The van der Waals surface area contributed by atoms with Gasteiger partial charge in [-0.15, -0.1) is 0 Å². The molecular weight excluding hydrogens is 146 g/mol. The Balaban J connectivity index is 2.91. The third-order valence-corrected chi connectivity index (χ3v) is 1.38. The molecule has 0 aromatic rings. The van der Waals surface area contributed by atoms with E-state index in [4.69, 9.17) is 5.21 Å². The minimum Gasteiger partial charge on any atom is -0.622 e. The van der Waals surface area contributed by atoms with Crippen molar-refractivity contribution >= 4 is 18.1 Å². The molecule has 1 heterocycles. The Hall–Kier alpha value is -1.39. The molecule has 0 amide bonds. The molecule has 0 spiro atoms. The van der Waals surface area contributed by atoms with Crippen LogP contribution in [0.3, 0.4) is 0 Å². The fourth-order valence-corrected chi connectivity index (χ4v) is 0.794. The Morgan fingerprint density at radius 2 is 2.45 bits per heavy atom. The van der Waals surface area contributed by atoms with Crippen LogP contribution < -0.4 is 0 Å². The first-order valence-electron chi connectivity index (χ1n) is 3.15. The average Bonchev–Trinajstić information content (AvgIpc) is 2.08. The van der Waals surface area contributed by atoms with E-state index in [9.17, 15) is 5.21 Å². The molecule has 11 heavy (non-hydrogen) atoms. The maximum atomic E-state index is 11.0. The molecule has 0 bridgehead atoms. The molecule has 0 unspecified atom stereocenters. The number of hydroxylamine groups is 1. The highest BCUT2D eigenvalue weighted by molar-refractivity contribution is 6.55. The zero-order valence-electron chi connectivity index (χ0n) is 6.35. The fourth-order valence-electron chi connectivity index (χ4n) is 0.794. The molecule has 1 aliphatic rings. The highest BCUT2D eigenvalue weighted by atomic mass is 16.5. The molecule has 1 aliphatic heterocycles. The first-order valence-corrected chi connectivity index (χ1v) is 3.15. The number of nitrogens with zero attached hydrogens (tertiary/aromatic N) is 3. The van der Waals surface area contributed by atoms with Gasteiger partial charge in [-0.1, -0.05) is 5.16 Å². The molecule has 0 atom stereocenters. The van der Waals surface area contributed by atoms with E-state index in [1.165, 1.54) is 6.21 Å². The van der Waals surface area contributed by atoms with Gasteiger partial charge < -0.3 is 10.4 Å². The highest BCUT2D eigenvalue weighted by Gasteiger charge is 2.30. The third-order valence-electron chi connectivity index (χ3n) is 1.38. The summed E-state index contributed by atoms with van der Waals surface area (Å²) in [6.45, 7) is 3.35. The largest absolute Gasteiger partial charge is 0.622 e. The van der Waals surface area contributed by atoms with E-state index in [0.717, 1.165) is 6.21 Å². The van der Waals surface area contributed by atoms with Gasteiger partial charge in [0.05, 0.1) is 6.21 Å². The van der Waals surface area contributed by atoms with E-state index in [1.807, 2.05) is 0 Å². The number of oxime groups is 1. The third kappa shape index (κ3) is 1.36. The van der Waals surface area contributed by atoms with Crippen LogP contribution in [0, 0.1) is 5.21 Å². The quantitative estimate of drug-likeness (QED) is 0.193. The molecule has 0 saturated carbocycles. The van der Waals surface area contributed by atoms with E-state index in [-0.39, 0.29) is 0 Å². The molecule has 60 valence electrons. The van der Waals surface area contributed by atoms with Crippen LogP contribution in [-0.4, -0.2) is 33.7 Å². The van der Waals surface area contributed by atoms with E-state index >= 15 is 0 Å². The van der Waals surface area contributed by atoms with Gasteiger partial charge in [-0.3, -0.25) is 0 Å². The van der Waals surface area contributed by atoms with E-state index in [1.54, 1.807) is 13.8 Å². The first-order chi connectivity index (χ1) is 5.06. The van der Waals surface area contributed by atoms with Crippen molar-refractivity contribution in [2.24, 2.45) is 10.1 Å². The molecule has 0 saturated heterocycles. The molecule has 0 aliphatic carbocycles. The van der Waals surface area contributed by atoms with Gasteiger partial charge in [0.1, 0.15) is 0 Å². The summed E-state index contributed by atoms with van der Waals surface area (Å²) < 4.78 is 0.712. The Labute approximate surface area is 64.0 Å². The van der Waals surface area contributed by atoms with Gasteiger partial charge in [0.25, 0.3) is 5.66 Å². The van der Waals surface area contributed by atoms with Gasteiger partial charge >= 0.3 is 0 Å². The van der Waals surface area contributed by atoms with Crippen LogP contribution in [0.2, 0.25) is 0 Å². The van der Waals surface area contributed by atoms with Crippen molar-refractivity contribution in [3.63, 3.8) is 0 Å². The van der Waals surface area contributed by atoms with Crippen LogP contribution in [0.4, 0.5) is 0 Å². The highest BCUT2D eigenvalue weighted by Crippen LogP contribution is 2.13. The van der Waals surface area contributed by atoms with Crippen molar-refractivity contribution in [1.29, 1.82) is 0 Å². The average molecular weight is 155 g/mol. The summed E-state index contributed by atoms with van der Waals surface area (Å²) in [5.74, 6) is 0. The maximum absolute atomic E-state index is 11.0. The first kappa shape index (κ1) is 7.71. The summed E-state index contributed by atoms with van der Waals surface area (Å²) in [5.41, 5.74) is -0.385. The predicted molar refractivity (Wildman–Crippen MR) is 41.5 cm³/mol. The molecule has 0 radical (unpaired) electrons. The standard InChI is InChI=1S/C6H9N3O2/c1-6(2)8-5(3-7-10)4-9(6)11/h3-4,10H,1-2H3/b7-3-. The van der Waals surface area contributed by atoms with Crippen molar-refractivity contribution in [3.8, 4) is 0 Å². The van der Waals surface area contributed by atoms with Crippen LogP contribution in [-0.2, 0) is 0 Å². The lowest BCUT2D eigenvalue weighted by Crippen LogP contribution is -2.26. The SMILES string of the molecule is CC1(C)N=C(/C=N\O)C=[N+]1[O-]. The van der Waals surface area contributed by atoms with Gasteiger partial charge in [0.2, 0.25) is 6.21 Å². The molecule has 5 nitrogen and oxygen atoms in total. The summed E-state index contributed by atoms with van der Waals surface area (Å²) in [4.78, 5) is 3.96. The Morgan fingerprint density at radius 3 is 2.82 bits per heavy atom. The molecule has 5 heteroatoms. The lowest BCUT2D eigenvalue weighted by Gasteiger charge is -2.13. The minimum atomic E-state index is -0.767. The Bertz CT molecular complexity index is 253. The summed E-state index contributed by atoms with van der Waals surface area (Å²) in [6.07, 6.45) is 2.40. The monoisotopic (exact) mass is 155 g/mol. The molecule has 0 aromatic heterocycles. The van der Waals surface area contributed by atoms with Crippen LogP contribution in [0.15, 0.2) is 10.1 Å². The van der Waals surface area contributed by atoms with E-state index in [2.05, 4.69) is 10.1 Å². The van der Waals surface area contributed by atoms with Gasteiger partial charge in [-0.2, -0.15) is 4.74 Å². The summed E-state index contributed by atoms with van der Waals surface area (Å²) in [6, 6.07) is 0. The molecule has 0 fully saturated rings. The maximum Gasteiger partial charge on any atom is 0.260 e. The van der Waals surface area contributed by atoms with E-state index < -0.39 is 5.66 Å². The zero-order chi connectivity index (χ0) is 8.48. The zero-order valence-corrected chi connectivity index (χ0v) is 6.35. The molecule has 0 aromatic carbocycles.